The summed E-state index contributed by atoms with van der Waals surface area (Å²) in [7, 11) is 0. The summed E-state index contributed by atoms with van der Waals surface area (Å²) in [5.74, 6) is 0. The molecule has 1 amide bonds. The van der Waals surface area contributed by atoms with Gasteiger partial charge < -0.3 is 9.84 Å². The fourth-order valence-corrected chi connectivity index (χ4v) is 2.49. The van der Waals surface area contributed by atoms with E-state index >= 15 is 0 Å². The monoisotopic (exact) mass is 297 g/mol. The fourth-order valence-electron chi connectivity index (χ4n) is 2.11. The van der Waals surface area contributed by atoms with Gasteiger partial charge in [0.25, 0.3) is 0 Å². The molecule has 0 atom stereocenters. The van der Waals surface area contributed by atoms with Crippen molar-refractivity contribution in [2.75, 3.05) is 11.9 Å². The van der Waals surface area contributed by atoms with E-state index in [2.05, 4.69) is 5.32 Å². The largest absolute Gasteiger partial charge is 0.444 e. The molecule has 0 bridgehead atoms. The van der Waals surface area contributed by atoms with E-state index in [9.17, 15) is 9.90 Å². The van der Waals surface area contributed by atoms with Crippen LogP contribution < -0.4 is 5.32 Å². The molecule has 5 heteroatoms. The number of ether oxygens (including phenoxy) is 1. The number of anilines is 1. The van der Waals surface area contributed by atoms with Gasteiger partial charge in [0, 0.05) is 16.1 Å². The molecule has 1 aliphatic carbocycles. The van der Waals surface area contributed by atoms with Crippen molar-refractivity contribution in [3.8, 4) is 0 Å². The normalized spacial score (nSPS) is 16.6. The molecule has 110 valence electrons. The fraction of sp³-hybridized carbons (Fsp3) is 0.533. The molecule has 0 unspecified atom stereocenters. The zero-order chi connectivity index (χ0) is 15.0. The predicted molar refractivity (Wildman–Crippen MR) is 79.3 cm³/mol. The first-order valence-electron chi connectivity index (χ1n) is 6.67. The van der Waals surface area contributed by atoms with Crippen LogP contribution in [0.15, 0.2) is 18.2 Å². The Morgan fingerprint density at radius 3 is 2.55 bits per heavy atom. The number of rotatable bonds is 3. The molecule has 0 aliphatic heterocycles. The first-order chi connectivity index (χ1) is 9.26. The molecule has 1 fully saturated rings. The van der Waals surface area contributed by atoms with Crippen molar-refractivity contribution < 1.29 is 14.6 Å². The molecule has 2 rings (SSSR count). The van der Waals surface area contributed by atoms with Gasteiger partial charge in [-0.1, -0.05) is 17.7 Å². The molecule has 0 spiro atoms. The van der Waals surface area contributed by atoms with Crippen molar-refractivity contribution in [3.63, 3.8) is 0 Å². The van der Waals surface area contributed by atoms with E-state index in [0.717, 1.165) is 18.4 Å². The Hall–Kier alpha value is -1.26. The van der Waals surface area contributed by atoms with Crippen LogP contribution in [0, 0.1) is 0 Å². The molecule has 1 aromatic carbocycles. The molecule has 4 nitrogen and oxygen atoms in total. The molecule has 1 aromatic rings. The first-order valence-corrected chi connectivity index (χ1v) is 7.04. The van der Waals surface area contributed by atoms with Crippen LogP contribution >= 0.6 is 11.6 Å². The Bertz CT molecular complexity index is 518. The highest BCUT2D eigenvalue weighted by molar-refractivity contribution is 6.31. The molecule has 2 N–H and O–H groups in total. The second kappa shape index (κ2) is 5.26. The second-order valence-corrected chi connectivity index (χ2v) is 6.67. The molecule has 0 saturated heterocycles. The third kappa shape index (κ3) is 3.44. The van der Waals surface area contributed by atoms with E-state index in [1.54, 1.807) is 32.9 Å². The number of hydrogen-bond acceptors (Lipinski definition) is 3. The number of aliphatic hydroxyl groups excluding tert-OH is 1. The van der Waals surface area contributed by atoms with Gasteiger partial charge >= 0.3 is 6.09 Å². The van der Waals surface area contributed by atoms with Gasteiger partial charge in [-0.3, -0.25) is 5.32 Å². The summed E-state index contributed by atoms with van der Waals surface area (Å²) in [6.07, 6.45) is 1.38. The van der Waals surface area contributed by atoms with E-state index in [4.69, 9.17) is 16.3 Å². The van der Waals surface area contributed by atoms with Gasteiger partial charge in [-0.25, -0.2) is 4.79 Å². The number of amides is 1. The lowest BCUT2D eigenvalue weighted by molar-refractivity contribution is 0.0636. The third-order valence-electron chi connectivity index (χ3n) is 3.34. The van der Waals surface area contributed by atoms with Crippen LogP contribution in [0.4, 0.5) is 10.5 Å². The van der Waals surface area contributed by atoms with Crippen LogP contribution in [0.25, 0.3) is 0 Å². The molecular weight excluding hydrogens is 278 g/mol. The van der Waals surface area contributed by atoms with Gasteiger partial charge in [0.1, 0.15) is 5.60 Å². The van der Waals surface area contributed by atoms with Gasteiger partial charge in [0.05, 0.1) is 6.61 Å². The molecule has 0 heterocycles. The summed E-state index contributed by atoms with van der Waals surface area (Å²) in [5.41, 5.74) is 0.808. The van der Waals surface area contributed by atoms with Crippen molar-refractivity contribution in [1.82, 2.24) is 0 Å². The highest BCUT2D eigenvalue weighted by Gasteiger charge is 2.44. The minimum Gasteiger partial charge on any atom is -0.444 e. The van der Waals surface area contributed by atoms with Crippen LogP contribution in [0.5, 0.6) is 0 Å². The Labute approximate surface area is 124 Å². The number of nitrogens with one attached hydrogen (secondary N) is 1. The Kier molecular flexibility index (Phi) is 3.98. The highest BCUT2D eigenvalue weighted by Crippen LogP contribution is 2.50. The van der Waals surface area contributed by atoms with Crippen molar-refractivity contribution in [3.05, 3.63) is 28.8 Å². The summed E-state index contributed by atoms with van der Waals surface area (Å²) in [4.78, 5) is 11.7. The zero-order valence-electron chi connectivity index (χ0n) is 12.0. The van der Waals surface area contributed by atoms with Crippen LogP contribution in [0.1, 0.15) is 39.2 Å². The van der Waals surface area contributed by atoms with Gasteiger partial charge in [-0.05, 0) is 51.3 Å². The summed E-state index contributed by atoms with van der Waals surface area (Å²) < 4.78 is 5.18. The van der Waals surface area contributed by atoms with Crippen molar-refractivity contribution in [2.24, 2.45) is 0 Å². The predicted octanol–water partition coefficient (Wildman–Crippen LogP) is 3.71. The smallest absolute Gasteiger partial charge is 0.412 e. The van der Waals surface area contributed by atoms with Crippen LogP contribution in [0.2, 0.25) is 5.02 Å². The first kappa shape index (κ1) is 15.1. The second-order valence-electron chi connectivity index (χ2n) is 6.26. The number of aliphatic hydroxyl groups is 1. The van der Waals surface area contributed by atoms with E-state index in [0.29, 0.717) is 10.7 Å². The van der Waals surface area contributed by atoms with Gasteiger partial charge in [-0.2, -0.15) is 0 Å². The Balaban J connectivity index is 2.08. The maximum absolute atomic E-state index is 11.7. The summed E-state index contributed by atoms with van der Waals surface area (Å²) in [5, 5.41) is 12.6. The standard InChI is InChI=1S/C15H20ClNO3/c1-14(2,3)20-13(19)17-10-4-5-11(12(16)8-10)15(9-18)6-7-15/h4-5,8,18H,6-7,9H2,1-3H3,(H,17,19). The number of benzene rings is 1. The minimum absolute atomic E-state index is 0.103. The number of carbonyl (C=O) groups is 1. The highest BCUT2D eigenvalue weighted by atomic mass is 35.5. The molecule has 1 saturated carbocycles. The van der Waals surface area contributed by atoms with E-state index < -0.39 is 11.7 Å². The van der Waals surface area contributed by atoms with E-state index in [1.807, 2.05) is 6.07 Å². The number of hydrogen-bond donors (Lipinski definition) is 2. The third-order valence-corrected chi connectivity index (χ3v) is 3.65. The van der Waals surface area contributed by atoms with E-state index in [1.165, 1.54) is 0 Å². The lowest BCUT2D eigenvalue weighted by atomic mass is 9.97. The zero-order valence-corrected chi connectivity index (χ0v) is 12.8. The van der Waals surface area contributed by atoms with Gasteiger partial charge in [0.2, 0.25) is 0 Å². The van der Waals surface area contributed by atoms with Crippen molar-refractivity contribution >= 4 is 23.4 Å². The summed E-state index contributed by atoms with van der Waals surface area (Å²) in [6.45, 7) is 5.52. The molecule has 0 aromatic heterocycles. The SMILES string of the molecule is CC(C)(C)OC(=O)Nc1ccc(C2(CO)CC2)c(Cl)c1. The van der Waals surface area contributed by atoms with Crippen LogP contribution in [0.3, 0.4) is 0 Å². The Morgan fingerprint density at radius 2 is 2.10 bits per heavy atom. The maximum Gasteiger partial charge on any atom is 0.412 e. The number of halogens is 1. The molecule has 20 heavy (non-hydrogen) atoms. The lowest BCUT2D eigenvalue weighted by Crippen LogP contribution is -2.27. The van der Waals surface area contributed by atoms with Gasteiger partial charge in [-0.15, -0.1) is 0 Å². The van der Waals surface area contributed by atoms with Crippen LogP contribution in [-0.2, 0) is 10.2 Å². The molecule has 0 radical (unpaired) electrons. The quantitative estimate of drug-likeness (QED) is 0.894. The average molecular weight is 298 g/mol. The summed E-state index contributed by atoms with van der Waals surface area (Å²) in [6, 6.07) is 5.33. The topological polar surface area (TPSA) is 58.6 Å². The lowest BCUT2D eigenvalue weighted by Gasteiger charge is -2.20. The Morgan fingerprint density at radius 1 is 1.45 bits per heavy atom. The van der Waals surface area contributed by atoms with E-state index in [-0.39, 0.29) is 12.0 Å². The van der Waals surface area contributed by atoms with Crippen molar-refractivity contribution in [2.45, 2.75) is 44.6 Å². The van der Waals surface area contributed by atoms with Crippen LogP contribution in [-0.4, -0.2) is 23.4 Å². The summed E-state index contributed by atoms with van der Waals surface area (Å²) >= 11 is 6.25. The van der Waals surface area contributed by atoms with Crippen molar-refractivity contribution in [1.29, 1.82) is 0 Å². The molecule has 1 aliphatic rings. The van der Waals surface area contributed by atoms with Gasteiger partial charge in [0.15, 0.2) is 0 Å². The average Bonchev–Trinajstić information content (AvgIpc) is 3.07. The maximum atomic E-state index is 11.7. The molecular formula is C15H20ClNO3. The minimum atomic E-state index is -0.539. The number of carbonyl (C=O) groups excluding carboxylic acids is 1.